The molecule has 2 nitrogen and oxygen atoms in total. The van der Waals surface area contributed by atoms with Gasteiger partial charge in [0.05, 0.1) is 5.56 Å². The van der Waals surface area contributed by atoms with Crippen LogP contribution in [0, 0.1) is 29.4 Å². The molecule has 0 amide bonds. The van der Waals surface area contributed by atoms with Crippen LogP contribution in [0.15, 0.2) is 18.2 Å². The Kier molecular flexibility index (Phi) is 5.52. The molecule has 1 aromatic carbocycles. The molecule has 3 rings (SSSR count). The third kappa shape index (κ3) is 4.14. The van der Waals surface area contributed by atoms with E-state index < -0.39 is 17.6 Å². The number of hydrogen-bond donors (Lipinski definition) is 0. The van der Waals surface area contributed by atoms with E-state index in [0.717, 1.165) is 55.6 Å². The lowest BCUT2D eigenvalue weighted by molar-refractivity contribution is 0.0111. The van der Waals surface area contributed by atoms with E-state index in [1.165, 1.54) is 31.7 Å². The van der Waals surface area contributed by atoms with E-state index in [1.807, 2.05) is 0 Å². The molecule has 0 aliphatic heterocycles. The van der Waals surface area contributed by atoms with Gasteiger partial charge in [-0.3, -0.25) is 0 Å². The molecule has 0 atom stereocenters. The first-order chi connectivity index (χ1) is 11.5. The fraction of sp³-hybridized carbons (Fsp3) is 0.650. The van der Waals surface area contributed by atoms with Crippen molar-refractivity contribution in [2.45, 2.75) is 64.4 Å². The number of rotatable bonds is 3. The maximum atomic E-state index is 13.2. The molecule has 132 valence electrons. The Labute approximate surface area is 142 Å². The van der Waals surface area contributed by atoms with Crippen LogP contribution in [-0.2, 0) is 4.74 Å². The van der Waals surface area contributed by atoms with Crippen molar-refractivity contribution in [3.8, 4) is 0 Å². The van der Waals surface area contributed by atoms with Crippen molar-refractivity contribution in [3.05, 3.63) is 35.4 Å². The highest BCUT2D eigenvalue weighted by atomic mass is 19.2. The molecule has 2 aliphatic carbocycles. The lowest BCUT2D eigenvalue weighted by Gasteiger charge is -2.37. The number of hydrogen-bond acceptors (Lipinski definition) is 2. The van der Waals surface area contributed by atoms with Gasteiger partial charge in [-0.25, -0.2) is 13.6 Å². The van der Waals surface area contributed by atoms with Crippen molar-refractivity contribution in [3.63, 3.8) is 0 Å². The SMILES string of the molecule is CC1CCC(C2CCC(OC(=O)c3ccc(F)c(F)c3)CC2)CC1. The second-order valence-corrected chi connectivity index (χ2v) is 7.59. The number of carbonyl (C=O) groups excluding carboxylic acids is 1. The van der Waals surface area contributed by atoms with Crippen LogP contribution >= 0.6 is 0 Å². The Balaban J connectivity index is 1.48. The van der Waals surface area contributed by atoms with Crippen LogP contribution in [0.25, 0.3) is 0 Å². The monoisotopic (exact) mass is 336 g/mol. The quantitative estimate of drug-likeness (QED) is 0.681. The molecule has 1 aromatic rings. The molecule has 0 spiro atoms. The van der Waals surface area contributed by atoms with Crippen molar-refractivity contribution in [1.29, 1.82) is 0 Å². The van der Waals surface area contributed by atoms with Gasteiger partial charge in [0.1, 0.15) is 6.10 Å². The van der Waals surface area contributed by atoms with Crippen molar-refractivity contribution in [2.75, 3.05) is 0 Å². The molecule has 0 aromatic heterocycles. The summed E-state index contributed by atoms with van der Waals surface area (Å²) in [5.41, 5.74) is 0.0808. The molecule has 0 heterocycles. The molecular formula is C20H26F2O2. The smallest absolute Gasteiger partial charge is 0.338 e. The average molecular weight is 336 g/mol. The third-order valence-electron chi connectivity index (χ3n) is 5.88. The molecular weight excluding hydrogens is 310 g/mol. The summed E-state index contributed by atoms with van der Waals surface area (Å²) in [6, 6.07) is 3.15. The van der Waals surface area contributed by atoms with Gasteiger partial charge in [-0.05, 0) is 74.5 Å². The van der Waals surface area contributed by atoms with Crippen LogP contribution in [-0.4, -0.2) is 12.1 Å². The van der Waals surface area contributed by atoms with Gasteiger partial charge < -0.3 is 4.74 Å². The summed E-state index contributed by atoms with van der Waals surface area (Å²) in [5, 5.41) is 0. The molecule has 0 N–H and O–H groups in total. The Morgan fingerprint density at radius 2 is 1.50 bits per heavy atom. The Morgan fingerprint density at radius 3 is 2.08 bits per heavy atom. The van der Waals surface area contributed by atoms with Gasteiger partial charge >= 0.3 is 5.97 Å². The molecule has 0 saturated heterocycles. The summed E-state index contributed by atoms with van der Waals surface area (Å²) in [6.07, 6.45) is 9.24. The number of halogens is 2. The average Bonchev–Trinajstić information content (AvgIpc) is 2.59. The van der Waals surface area contributed by atoms with Crippen LogP contribution in [0.4, 0.5) is 8.78 Å². The maximum Gasteiger partial charge on any atom is 0.338 e. The van der Waals surface area contributed by atoms with E-state index in [1.54, 1.807) is 0 Å². The lowest BCUT2D eigenvalue weighted by Crippen LogP contribution is -2.29. The molecule has 2 fully saturated rings. The van der Waals surface area contributed by atoms with E-state index in [9.17, 15) is 13.6 Å². The molecule has 0 bridgehead atoms. The minimum absolute atomic E-state index is 0.0808. The van der Waals surface area contributed by atoms with Crippen molar-refractivity contribution >= 4 is 5.97 Å². The van der Waals surface area contributed by atoms with Crippen LogP contribution in [0.2, 0.25) is 0 Å². The van der Waals surface area contributed by atoms with Gasteiger partial charge in [0.15, 0.2) is 11.6 Å². The maximum absolute atomic E-state index is 13.2. The Bertz CT molecular complexity index is 571. The number of benzene rings is 1. The summed E-state index contributed by atoms with van der Waals surface area (Å²) in [4.78, 5) is 12.1. The fourth-order valence-corrected chi connectivity index (χ4v) is 4.28. The standard InChI is InChI=1S/C20H26F2O2/c1-13-2-4-14(5-3-13)15-6-9-17(10-7-15)24-20(23)16-8-11-18(21)19(22)12-16/h8,11-15,17H,2-7,9-10H2,1H3. The molecule has 0 radical (unpaired) electrons. The van der Waals surface area contributed by atoms with Crippen LogP contribution in [0.5, 0.6) is 0 Å². The molecule has 2 saturated carbocycles. The highest BCUT2D eigenvalue weighted by Crippen LogP contribution is 2.40. The van der Waals surface area contributed by atoms with Crippen molar-refractivity contribution in [1.82, 2.24) is 0 Å². The predicted molar refractivity (Wildman–Crippen MR) is 88.6 cm³/mol. The predicted octanol–water partition coefficient (Wildman–Crippen LogP) is 5.51. The van der Waals surface area contributed by atoms with Crippen LogP contribution in [0.3, 0.4) is 0 Å². The highest BCUT2D eigenvalue weighted by molar-refractivity contribution is 5.89. The van der Waals surface area contributed by atoms with E-state index in [-0.39, 0.29) is 11.7 Å². The largest absolute Gasteiger partial charge is 0.459 e. The van der Waals surface area contributed by atoms with Gasteiger partial charge in [0.2, 0.25) is 0 Å². The molecule has 4 heteroatoms. The van der Waals surface area contributed by atoms with Gasteiger partial charge in [-0.15, -0.1) is 0 Å². The summed E-state index contributed by atoms with van der Waals surface area (Å²) in [7, 11) is 0. The first-order valence-electron chi connectivity index (χ1n) is 9.19. The second-order valence-electron chi connectivity index (χ2n) is 7.59. The molecule has 24 heavy (non-hydrogen) atoms. The fourth-order valence-electron chi connectivity index (χ4n) is 4.28. The van der Waals surface area contributed by atoms with E-state index in [0.29, 0.717) is 0 Å². The zero-order valence-electron chi connectivity index (χ0n) is 14.3. The summed E-state index contributed by atoms with van der Waals surface area (Å²) >= 11 is 0. The topological polar surface area (TPSA) is 26.3 Å². The first kappa shape index (κ1) is 17.4. The summed E-state index contributed by atoms with van der Waals surface area (Å²) in [6.45, 7) is 2.34. The second kappa shape index (κ2) is 7.62. The molecule has 0 unspecified atom stereocenters. The van der Waals surface area contributed by atoms with E-state index in [4.69, 9.17) is 4.74 Å². The Hall–Kier alpha value is -1.45. The molecule has 2 aliphatic rings. The normalized spacial score (nSPS) is 30.8. The van der Waals surface area contributed by atoms with Gasteiger partial charge in [-0.1, -0.05) is 19.8 Å². The van der Waals surface area contributed by atoms with Gasteiger partial charge in [-0.2, -0.15) is 0 Å². The zero-order chi connectivity index (χ0) is 17.1. The van der Waals surface area contributed by atoms with Crippen LogP contribution in [0.1, 0.15) is 68.6 Å². The van der Waals surface area contributed by atoms with E-state index in [2.05, 4.69) is 6.92 Å². The minimum atomic E-state index is -1.01. The lowest BCUT2D eigenvalue weighted by atomic mass is 9.71. The van der Waals surface area contributed by atoms with Crippen molar-refractivity contribution < 1.29 is 18.3 Å². The zero-order valence-corrected chi connectivity index (χ0v) is 14.3. The van der Waals surface area contributed by atoms with Crippen molar-refractivity contribution in [2.24, 2.45) is 17.8 Å². The number of ether oxygens (including phenoxy) is 1. The van der Waals surface area contributed by atoms with Gasteiger partial charge in [0, 0.05) is 0 Å². The highest BCUT2D eigenvalue weighted by Gasteiger charge is 2.31. The van der Waals surface area contributed by atoms with E-state index >= 15 is 0 Å². The summed E-state index contributed by atoms with van der Waals surface area (Å²) < 4.78 is 31.7. The summed E-state index contributed by atoms with van der Waals surface area (Å²) in [5.74, 6) is -0.0493. The van der Waals surface area contributed by atoms with Crippen LogP contribution < -0.4 is 0 Å². The first-order valence-corrected chi connectivity index (χ1v) is 9.19. The minimum Gasteiger partial charge on any atom is -0.459 e. The van der Waals surface area contributed by atoms with Gasteiger partial charge in [0.25, 0.3) is 0 Å². The number of esters is 1. The Morgan fingerprint density at radius 1 is 0.917 bits per heavy atom. The number of carbonyl (C=O) groups is 1. The third-order valence-corrected chi connectivity index (χ3v) is 5.88.